The molecular weight excluding hydrogens is 286 g/mol. The molecule has 7 heteroatoms. The van der Waals surface area contributed by atoms with E-state index in [1.54, 1.807) is 16.7 Å². The van der Waals surface area contributed by atoms with Gasteiger partial charge in [-0.15, -0.1) is 0 Å². The van der Waals surface area contributed by atoms with Crippen LogP contribution in [0.15, 0.2) is 0 Å². The lowest BCUT2D eigenvalue weighted by Crippen LogP contribution is -2.49. The summed E-state index contributed by atoms with van der Waals surface area (Å²) < 4.78 is 5.01. The van der Waals surface area contributed by atoms with E-state index in [9.17, 15) is 14.4 Å². The van der Waals surface area contributed by atoms with Crippen molar-refractivity contribution in [3.05, 3.63) is 0 Å². The maximum atomic E-state index is 12.6. The summed E-state index contributed by atoms with van der Waals surface area (Å²) in [5.41, 5.74) is 5.31. The van der Waals surface area contributed by atoms with Crippen molar-refractivity contribution in [3.8, 4) is 0 Å². The van der Waals surface area contributed by atoms with Crippen molar-refractivity contribution >= 4 is 17.9 Å². The lowest BCUT2D eigenvalue weighted by molar-refractivity contribution is -0.140. The molecule has 124 valence electrons. The highest BCUT2D eigenvalue weighted by Gasteiger charge is 2.34. The van der Waals surface area contributed by atoms with E-state index in [4.69, 9.17) is 10.5 Å². The molecule has 2 heterocycles. The van der Waals surface area contributed by atoms with Gasteiger partial charge in [-0.3, -0.25) is 9.59 Å². The molecule has 2 fully saturated rings. The number of ether oxygens (including phenoxy) is 1. The summed E-state index contributed by atoms with van der Waals surface area (Å²) in [7, 11) is 0. The molecule has 3 amide bonds. The number of nitrogens with two attached hydrogens (primary N) is 1. The second-order valence-electron chi connectivity index (χ2n) is 5.99. The number of rotatable bonds is 3. The third-order valence-corrected chi connectivity index (χ3v) is 4.51. The molecule has 0 radical (unpaired) electrons. The number of piperidine rings is 2. The van der Waals surface area contributed by atoms with Crippen LogP contribution in [0.5, 0.6) is 0 Å². The van der Waals surface area contributed by atoms with Crippen molar-refractivity contribution in [2.45, 2.75) is 32.6 Å². The highest BCUT2D eigenvalue weighted by Crippen LogP contribution is 2.23. The monoisotopic (exact) mass is 311 g/mol. The van der Waals surface area contributed by atoms with Gasteiger partial charge in [0.15, 0.2) is 0 Å². The molecule has 0 saturated carbocycles. The van der Waals surface area contributed by atoms with Crippen LogP contribution in [-0.4, -0.2) is 60.5 Å². The van der Waals surface area contributed by atoms with E-state index >= 15 is 0 Å². The normalized spacial score (nSPS) is 23.2. The smallest absolute Gasteiger partial charge is 0.409 e. The molecule has 1 atom stereocenters. The van der Waals surface area contributed by atoms with E-state index in [1.807, 2.05) is 0 Å². The summed E-state index contributed by atoms with van der Waals surface area (Å²) in [4.78, 5) is 39.0. The molecule has 0 aromatic carbocycles. The number of hydrogen-bond donors (Lipinski definition) is 1. The van der Waals surface area contributed by atoms with Crippen LogP contribution in [0.4, 0.5) is 4.79 Å². The molecule has 2 aliphatic heterocycles. The Morgan fingerprint density at radius 1 is 1.05 bits per heavy atom. The van der Waals surface area contributed by atoms with E-state index < -0.39 is 0 Å². The fourth-order valence-corrected chi connectivity index (χ4v) is 3.20. The second kappa shape index (κ2) is 7.47. The maximum Gasteiger partial charge on any atom is 0.409 e. The summed E-state index contributed by atoms with van der Waals surface area (Å²) >= 11 is 0. The fourth-order valence-electron chi connectivity index (χ4n) is 3.20. The molecule has 0 aromatic heterocycles. The summed E-state index contributed by atoms with van der Waals surface area (Å²) in [5.74, 6) is -0.482. The van der Waals surface area contributed by atoms with E-state index in [1.165, 1.54) is 0 Å². The molecule has 2 N–H and O–H groups in total. The van der Waals surface area contributed by atoms with Gasteiger partial charge in [-0.25, -0.2) is 4.79 Å². The number of hydrogen-bond acceptors (Lipinski definition) is 4. The van der Waals surface area contributed by atoms with Gasteiger partial charge >= 0.3 is 6.09 Å². The maximum absolute atomic E-state index is 12.6. The van der Waals surface area contributed by atoms with Gasteiger partial charge in [0, 0.05) is 32.1 Å². The lowest BCUT2D eigenvalue weighted by atomic mass is 9.92. The predicted octanol–water partition coefficient (Wildman–Crippen LogP) is 0.579. The van der Waals surface area contributed by atoms with Crippen LogP contribution in [-0.2, 0) is 14.3 Å². The number of carbonyl (C=O) groups excluding carboxylic acids is 3. The van der Waals surface area contributed by atoms with Gasteiger partial charge in [0.25, 0.3) is 0 Å². The number of primary amides is 1. The Labute approximate surface area is 130 Å². The first-order valence-electron chi connectivity index (χ1n) is 8.02. The summed E-state index contributed by atoms with van der Waals surface area (Å²) in [6.45, 7) is 4.33. The van der Waals surface area contributed by atoms with Crippen molar-refractivity contribution in [3.63, 3.8) is 0 Å². The van der Waals surface area contributed by atoms with Crippen LogP contribution in [0.1, 0.15) is 32.6 Å². The summed E-state index contributed by atoms with van der Waals surface area (Å²) in [6, 6.07) is 0. The van der Waals surface area contributed by atoms with Gasteiger partial charge in [0.2, 0.25) is 11.8 Å². The van der Waals surface area contributed by atoms with Gasteiger partial charge in [0.1, 0.15) is 0 Å². The van der Waals surface area contributed by atoms with Crippen LogP contribution < -0.4 is 5.73 Å². The molecule has 0 unspecified atom stereocenters. The van der Waals surface area contributed by atoms with E-state index in [0.29, 0.717) is 45.6 Å². The first kappa shape index (κ1) is 16.6. The molecule has 0 aromatic rings. The first-order chi connectivity index (χ1) is 10.5. The lowest BCUT2D eigenvalue weighted by Gasteiger charge is -2.37. The molecule has 0 bridgehead atoms. The van der Waals surface area contributed by atoms with Gasteiger partial charge in [-0.1, -0.05) is 0 Å². The van der Waals surface area contributed by atoms with E-state index in [-0.39, 0.29) is 29.7 Å². The quantitative estimate of drug-likeness (QED) is 0.825. The van der Waals surface area contributed by atoms with Crippen LogP contribution >= 0.6 is 0 Å². The van der Waals surface area contributed by atoms with Gasteiger partial charge in [0.05, 0.1) is 12.5 Å². The third kappa shape index (κ3) is 3.90. The predicted molar refractivity (Wildman–Crippen MR) is 79.8 cm³/mol. The molecule has 0 aliphatic carbocycles. The zero-order valence-electron chi connectivity index (χ0n) is 13.1. The Balaban J connectivity index is 1.87. The fraction of sp³-hybridized carbons (Fsp3) is 0.800. The number of carbonyl (C=O) groups is 3. The Morgan fingerprint density at radius 2 is 1.73 bits per heavy atom. The van der Waals surface area contributed by atoms with Crippen LogP contribution in [0.25, 0.3) is 0 Å². The van der Waals surface area contributed by atoms with Gasteiger partial charge in [-0.2, -0.15) is 0 Å². The Kier molecular flexibility index (Phi) is 5.63. The Morgan fingerprint density at radius 3 is 2.32 bits per heavy atom. The molecule has 22 heavy (non-hydrogen) atoms. The third-order valence-electron chi connectivity index (χ3n) is 4.51. The minimum absolute atomic E-state index is 0.0805. The van der Waals surface area contributed by atoms with Crippen LogP contribution in [0, 0.1) is 11.8 Å². The largest absolute Gasteiger partial charge is 0.450 e. The molecule has 0 spiro atoms. The highest BCUT2D eigenvalue weighted by atomic mass is 16.6. The zero-order valence-corrected chi connectivity index (χ0v) is 13.1. The standard InChI is InChI=1S/C15H25N3O4/c1-2-22-15(21)18-7-3-4-12(10-18)14(20)17-8-5-11(6-9-17)13(16)19/h11-12H,2-10H2,1H3,(H2,16,19)/t12-/m1/s1. The minimum Gasteiger partial charge on any atom is -0.450 e. The molecule has 7 nitrogen and oxygen atoms in total. The Hall–Kier alpha value is -1.79. The van der Waals surface area contributed by atoms with Gasteiger partial charge < -0.3 is 20.3 Å². The summed E-state index contributed by atoms with van der Waals surface area (Å²) in [5, 5.41) is 0. The van der Waals surface area contributed by atoms with Crippen molar-refractivity contribution in [2.24, 2.45) is 17.6 Å². The van der Waals surface area contributed by atoms with Crippen molar-refractivity contribution in [1.29, 1.82) is 0 Å². The van der Waals surface area contributed by atoms with E-state index in [0.717, 1.165) is 12.8 Å². The number of nitrogens with zero attached hydrogens (tertiary/aromatic N) is 2. The van der Waals surface area contributed by atoms with Crippen molar-refractivity contribution < 1.29 is 19.1 Å². The molecule has 2 rings (SSSR count). The Bertz CT molecular complexity index is 433. The first-order valence-corrected chi connectivity index (χ1v) is 8.02. The molecule has 2 aliphatic rings. The number of likely N-dealkylation sites (tertiary alicyclic amines) is 2. The van der Waals surface area contributed by atoms with Crippen LogP contribution in [0.3, 0.4) is 0 Å². The van der Waals surface area contributed by atoms with Crippen LogP contribution in [0.2, 0.25) is 0 Å². The van der Waals surface area contributed by atoms with Gasteiger partial charge in [-0.05, 0) is 32.6 Å². The average Bonchev–Trinajstić information content (AvgIpc) is 2.54. The van der Waals surface area contributed by atoms with Crippen molar-refractivity contribution in [2.75, 3.05) is 32.8 Å². The highest BCUT2D eigenvalue weighted by molar-refractivity contribution is 5.81. The van der Waals surface area contributed by atoms with E-state index in [2.05, 4.69) is 0 Å². The summed E-state index contributed by atoms with van der Waals surface area (Å²) in [6.07, 6.45) is 2.54. The average molecular weight is 311 g/mol. The topological polar surface area (TPSA) is 92.9 Å². The minimum atomic E-state index is -0.340. The van der Waals surface area contributed by atoms with Crippen molar-refractivity contribution in [1.82, 2.24) is 9.80 Å². The zero-order chi connectivity index (χ0) is 16.1. The second-order valence-corrected chi connectivity index (χ2v) is 5.99. The number of amides is 3. The SMILES string of the molecule is CCOC(=O)N1CCC[C@@H](C(=O)N2CCC(C(N)=O)CC2)C1. The molecular formula is C15H25N3O4. The molecule has 2 saturated heterocycles.